The molecule has 0 aliphatic heterocycles. The molecule has 0 unspecified atom stereocenters. The van der Waals surface area contributed by atoms with Gasteiger partial charge in [-0.05, 0) is 138 Å². The maximum absolute atomic E-state index is 5.30. The van der Waals surface area contributed by atoms with Crippen molar-refractivity contribution in [2.75, 3.05) is 0 Å². The summed E-state index contributed by atoms with van der Waals surface area (Å²) >= 11 is 5.57. The van der Waals surface area contributed by atoms with Gasteiger partial charge in [0.1, 0.15) is 11.0 Å². The SMILES string of the molecule is c1ccc(-c2cc(-c3ccccc3)cc(-n3c4ccccc4c4ccc5c(ncc6c5sc5ccc7ccccc7c56)c43)c2)cc1.c1ccc(-c2cccc(-n3c4ccccc4c4cnc5c(ncc6c7ccc8ccccc8c7sc65)c43)c2)cc1.c1ccc(-n2c3ccccc3c3cnc4c(ccc5c6ccc7ccccc7c6sc54)c32)cc1. The fourth-order valence-corrected chi connectivity index (χ4v) is 22.9. The number of hydrogen-bond donors (Lipinski definition) is 0. The molecule has 558 valence electrons. The molecule has 0 spiro atoms. The quantitative estimate of drug-likeness (QED) is 0.166. The lowest BCUT2D eigenvalue weighted by Crippen LogP contribution is -1.97. The summed E-state index contributed by atoms with van der Waals surface area (Å²) in [5.74, 6) is 0. The van der Waals surface area contributed by atoms with E-state index in [1.807, 2.05) is 40.2 Å². The first kappa shape index (κ1) is 68.2. The summed E-state index contributed by atoms with van der Waals surface area (Å²) in [5.41, 5.74) is 21.6. The van der Waals surface area contributed by atoms with Crippen LogP contribution in [0.5, 0.6) is 0 Å². The second-order valence-electron chi connectivity index (χ2n) is 31.0. The van der Waals surface area contributed by atoms with E-state index >= 15 is 0 Å². The standard InChI is InChI=1S/C43H26N2S.C36H21N3S.C31H18N2S/c1-3-11-27(12-4-1)30-23-31(28-13-5-2-6-14-28)25-32(24-30)45-38-18-10-9-17-34(38)35-20-21-36-41(42(35)45)44-26-37-40-33-16-8-7-15-29(33)19-22-39(40)46-43(36)37;1-2-9-22(10-3-1)24-12-8-13-25(19-24)39-31-16-7-6-15-27(31)29-20-38-33-32(34(29)39)37-21-30-28-18-17-23-11-4-5-14-26(23)35(28)40-36(30)33;1-2-9-20(10-3-1)33-27-13-7-6-12-22(27)26-18-32-28-25(29(26)33)17-16-24-23-15-14-19-8-4-5-11-21(19)30(23)34-31(24)28/h1-26H;1-21H;1-18H. The molecule has 10 heteroatoms. The number of aromatic nitrogens is 7. The summed E-state index contributed by atoms with van der Waals surface area (Å²) in [6.45, 7) is 0. The van der Waals surface area contributed by atoms with E-state index in [4.69, 9.17) is 19.9 Å². The lowest BCUT2D eigenvalue weighted by atomic mass is 9.98. The third-order valence-corrected chi connectivity index (χ3v) is 28.2. The van der Waals surface area contributed by atoms with Gasteiger partial charge in [-0.2, -0.15) is 0 Å². The van der Waals surface area contributed by atoms with Gasteiger partial charge in [0.15, 0.2) is 0 Å². The average molecular weight is 1580 g/mol. The second kappa shape index (κ2) is 27.3. The van der Waals surface area contributed by atoms with Crippen LogP contribution in [0.25, 0.3) is 242 Å². The van der Waals surface area contributed by atoms with Crippen LogP contribution in [0.1, 0.15) is 0 Å². The van der Waals surface area contributed by atoms with Crippen LogP contribution in [0.2, 0.25) is 0 Å². The van der Waals surface area contributed by atoms with Crippen LogP contribution in [-0.4, -0.2) is 33.6 Å². The van der Waals surface area contributed by atoms with E-state index in [0.717, 1.165) is 55.4 Å². The minimum atomic E-state index is 0.933. The smallest absolute Gasteiger partial charge is 0.115 e. The Morgan fingerprint density at radius 3 is 1.20 bits per heavy atom. The van der Waals surface area contributed by atoms with E-state index in [9.17, 15) is 0 Å². The third-order valence-electron chi connectivity index (χ3n) is 24.4. The molecule has 0 saturated heterocycles. The highest BCUT2D eigenvalue weighted by atomic mass is 32.1. The Morgan fingerprint density at radius 2 is 0.567 bits per heavy atom. The van der Waals surface area contributed by atoms with Gasteiger partial charge in [-0.1, -0.05) is 297 Å². The number of thiophene rings is 3. The molecule has 0 atom stereocenters. The van der Waals surface area contributed by atoms with Gasteiger partial charge < -0.3 is 13.7 Å². The molecular formula is C110H65N7S3. The number of fused-ring (bicyclic) bond motifs is 33. The highest BCUT2D eigenvalue weighted by Crippen LogP contribution is 2.49. The van der Waals surface area contributed by atoms with Crippen molar-refractivity contribution >= 4 is 225 Å². The van der Waals surface area contributed by atoms with Crippen molar-refractivity contribution in [2.24, 2.45) is 0 Å². The van der Waals surface area contributed by atoms with Crippen molar-refractivity contribution in [3.8, 4) is 50.4 Å². The lowest BCUT2D eigenvalue weighted by molar-refractivity contribution is 1.18. The molecule has 0 aliphatic rings. The van der Waals surface area contributed by atoms with Crippen LogP contribution >= 0.6 is 34.0 Å². The molecule has 7 nitrogen and oxygen atoms in total. The predicted octanol–water partition coefficient (Wildman–Crippen LogP) is 31.0. The Morgan fingerprint density at radius 1 is 0.183 bits per heavy atom. The Bertz CT molecular complexity index is 8870. The molecule has 17 aromatic carbocycles. The predicted molar refractivity (Wildman–Crippen MR) is 514 cm³/mol. The van der Waals surface area contributed by atoms with Gasteiger partial charge in [-0.3, -0.25) is 19.9 Å². The zero-order valence-corrected chi connectivity index (χ0v) is 66.8. The van der Waals surface area contributed by atoms with Crippen LogP contribution in [0.15, 0.2) is 395 Å². The molecule has 0 amide bonds. The highest BCUT2D eigenvalue weighted by molar-refractivity contribution is 7.28. The van der Waals surface area contributed by atoms with Gasteiger partial charge in [0.25, 0.3) is 0 Å². The maximum Gasteiger partial charge on any atom is 0.115 e. The first-order chi connectivity index (χ1) is 59.5. The summed E-state index contributed by atoms with van der Waals surface area (Å²) < 4.78 is 14.9. The van der Waals surface area contributed by atoms with Crippen LogP contribution in [0, 0.1) is 0 Å². The third kappa shape index (κ3) is 10.6. The van der Waals surface area contributed by atoms with Crippen molar-refractivity contribution in [2.45, 2.75) is 0 Å². The zero-order valence-electron chi connectivity index (χ0n) is 64.4. The van der Waals surface area contributed by atoms with Crippen molar-refractivity contribution in [1.82, 2.24) is 33.6 Å². The minimum absolute atomic E-state index is 0.933. The van der Waals surface area contributed by atoms with E-state index in [-0.39, 0.29) is 0 Å². The molecule has 0 N–H and O–H groups in total. The molecule has 0 radical (unpaired) electrons. The van der Waals surface area contributed by atoms with E-state index < -0.39 is 0 Å². The minimum Gasteiger partial charge on any atom is -0.309 e. The van der Waals surface area contributed by atoms with E-state index in [0.29, 0.717) is 0 Å². The molecule has 0 bridgehead atoms. The maximum atomic E-state index is 5.30. The van der Waals surface area contributed by atoms with Crippen molar-refractivity contribution < 1.29 is 0 Å². The number of para-hydroxylation sites is 4. The van der Waals surface area contributed by atoms with Crippen LogP contribution in [0.3, 0.4) is 0 Å². The molecule has 0 aliphatic carbocycles. The van der Waals surface area contributed by atoms with E-state index in [1.165, 1.54) is 186 Å². The van der Waals surface area contributed by atoms with Crippen LogP contribution < -0.4 is 0 Å². The fourth-order valence-electron chi connectivity index (χ4n) is 19.0. The van der Waals surface area contributed by atoms with Gasteiger partial charge in [-0.15, -0.1) is 34.0 Å². The first-order valence-electron chi connectivity index (χ1n) is 40.5. The Labute approximate surface area is 698 Å². The molecule has 0 saturated carbocycles. The summed E-state index contributed by atoms with van der Waals surface area (Å²) in [6.07, 6.45) is 8.28. The Hall–Kier alpha value is -15.0. The summed E-state index contributed by atoms with van der Waals surface area (Å²) in [6, 6.07) is 133. The number of nitrogens with zero attached hydrogens (tertiary/aromatic N) is 7. The van der Waals surface area contributed by atoms with E-state index in [1.54, 1.807) is 0 Å². The first-order valence-corrected chi connectivity index (χ1v) is 43.0. The van der Waals surface area contributed by atoms with Gasteiger partial charge in [0.05, 0.1) is 53.5 Å². The molecule has 10 heterocycles. The van der Waals surface area contributed by atoms with Gasteiger partial charge in [0.2, 0.25) is 0 Å². The molecule has 27 rings (SSSR count). The number of hydrogen-bond acceptors (Lipinski definition) is 7. The fraction of sp³-hybridized carbons (Fsp3) is 0. The van der Waals surface area contributed by atoms with Gasteiger partial charge in [0, 0.05) is 136 Å². The molecule has 27 aromatic rings. The normalized spacial score (nSPS) is 12.0. The molecule has 120 heavy (non-hydrogen) atoms. The van der Waals surface area contributed by atoms with Crippen LogP contribution in [-0.2, 0) is 0 Å². The summed E-state index contributed by atoms with van der Waals surface area (Å²) in [4.78, 5) is 20.6. The largest absolute Gasteiger partial charge is 0.309 e. The number of pyridine rings is 4. The van der Waals surface area contributed by atoms with Crippen molar-refractivity contribution in [1.29, 1.82) is 0 Å². The second-order valence-corrected chi connectivity index (χ2v) is 34.1. The van der Waals surface area contributed by atoms with Crippen LogP contribution in [0.4, 0.5) is 0 Å². The summed E-state index contributed by atoms with van der Waals surface area (Å²) in [7, 11) is 0. The number of rotatable bonds is 6. The summed E-state index contributed by atoms with van der Waals surface area (Å²) in [5, 5.41) is 24.8. The molecule has 0 fully saturated rings. The van der Waals surface area contributed by atoms with E-state index in [2.05, 4.69) is 402 Å². The molecule has 10 aromatic heterocycles. The van der Waals surface area contributed by atoms with Gasteiger partial charge in [-0.25, -0.2) is 0 Å². The molecular weight excluding hydrogens is 1520 g/mol. The van der Waals surface area contributed by atoms with Crippen molar-refractivity contribution in [3.05, 3.63) is 395 Å². The highest BCUT2D eigenvalue weighted by Gasteiger charge is 2.25. The lowest BCUT2D eigenvalue weighted by Gasteiger charge is -2.15. The van der Waals surface area contributed by atoms with Gasteiger partial charge >= 0.3 is 0 Å². The zero-order chi connectivity index (χ0) is 78.6. The Balaban J connectivity index is 0.000000101. The van der Waals surface area contributed by atoms with Crippen molar-refractivity contribution in [3.63, 3.8) is 0 Å². The average Bonchev–Trinajstić information content (AvgIpc) is 1.56. The number of benzene rings is 17. The Kier molecular flexibility index (Phi) is 15.5. The monoisotopic (exact) mass is 1580 g/mol. The topological polar surface area (TPSA) is 66.3 Å².